The molecule has 2 aliphatic heterocycles. The summed E-state index contributed by atoms with van der Waals surface area (Å²) in [4.78, 5) is 4.48. The fourth-order valence-electron chi connectivity index (χ4n) is 14.3. The maximum absolute atomic E-state index is 11.3. The highest BCUT2D eigenvalue weighted by Gasteiger charge is 2.44. The number of benzene rings is 14. The van der Waals surface area contributed by atoms with E-state index in [1.165, 1.54) is 0 Å². The molecule has 0 fully saturated rings. The third-order valence-corrected chi connectivity index (χ3v) is 18.2. The maximum Gasteiger partial charge on any atom is 0.252 e. The second kappa shape index (κ2) is 21.0. The second-order valence-electron chi connectivity index (χ2n) is 23.2. The first-order valence-electron chi connectivity index (χ1n) is 35.3. The molecule has 16 aromatic rings. The van der Waals surface area contributed by atoms with E-state index in [0.29, 0.717) is 39.4 Å². The Balaban J connectivity index is 1.01. The van der Waals surface area contributed by atoms with E-state index >= 15 is 0 Å². The molecule has 422 valence electrons. The Hall–Kier alpha value is -12.2. The minimum atomic E-state index is -0.710. The van der Waals surface area contributed by atoms with Gasteiger partial charge in [0.15, 0.2) is 0 Å². The van der Waals surface area contributed by atoms with E-state index in [2.05, 4.69) is 158 Å². The number of hydrogen-bond donors (Lipinski definition) is 0. The minimum absolute atomic E-state index is 0.0103. The summed E-state index contributed by atoms with van der Waals surface area (Å²) in [7, 11) is 0. The highest BCUT2D eigenvalue weighted by molar-refractivity contribution is 7.00. The predicted octanol–water partition coefficient (Wildman–Crippen LogP) is 20.2. The average Bonchev–Trinajstić information content (AvgIpc) is 1.19. The van der Waals surface area contributed by atoms with Crippen LogP contribution in [0.5, 0.6) is 0 Å². The van der Waals surface area contributed by atoms with Gasteiger partial charge in [0.1, 0.15) is 6.07 Å². The van der Waals surface area contributed by atoms with Gasteiger partial charge in [0.2, 0.25) is 0 Å². The first-order chi connectivity index (χ1) is 49.2. The molecule has 0 amide bonds. The van der Waals surface area contributed by atoms with E-state index in [-0.39, 0.29) is 35.3 Å². The lowest BCUT2D eigenvalue weighted by Crippen LogP contribution is -2.61. The molecule has 0 atom stereocenters. The molecule has 0 saturated heterocycles. The Kier molecular flexibility index (Phi) is 9.85. The smallest absolute Gasteiger partial charge is 0.252 e. The summed E-state index contributed by atoms with van der Waals surface area (Å²) in [5.41, 5.74) is 18.9. The number of hydrogen-bond acceptors (Lipinski definition) is 3. The quantitative estimate of drug-likeness (QED) is 0.135. The van der Waals surface area contributed by atoms with Crippen molar-refractivity contribution in [2.24, 2.45) is 0 Å². The highest BCUT2D eigenvalue weighted by Crippen LogP contribution is 2.50. The van der Waals surface area contributed by atoms with Crippen molar-refractivity contribution < 1.29 is 13.7 Å². The van der Waals surface area contributed by atoms with Crippen LogP contribution in [-0.2, 0) is 0 Å². The lowest BCUT2D eigenvalue weighted by Gasteiger charge is -2.45. The van der Waals surface area contributed by atoms with Crippen LogP contribution in [0.3, 0.4) is 0 Å². The normalized spacial score (nSPS) is 13.9. The van der Waals surface area contributed by atoms with Gasteiger partial charge < -0.3 is 18.9 Å². The van der Waals surface area contributed by atoms with E-state index in [4.69, 9.17) is 8.22 Å². The number of para-hydroxylation sites is 3. The van der Waals surface area contributed by atoms with Crippen LogP contribution in [0.25, 0.3) is 111 Å². The molecular weight excluding hydrogens is 1100 g/mol. The van der Waals surface area contributed by atoms with Gasteiger partial charge in [-0.05, 0) is 163 Å². The van der Waals surface area contributed by atoms with Crippen molar-refractivity contribution >= 4 is 101 Å². The van der Waals surface area contributed by atoms with Crippen molar-refractivity contribution in [3.8, 4) is 73.1 Å². The van der Waals surface area contributed by atoms with Gasteiger partial charge in [0.05, 0.1) is 52.7 Å². The van der Waals surface area contributed by atoms with Crippen LogP contribution in [0.1, 0.15) is 19.3 Å². The summed E-state index contributed by atoms with van der Waals surface area (Å²) >= 11 is 0. The molecule has 0 spiro atoms. The number of nitrogens with zero attached hydrogens (tertiary/aromatic N) is 5. The fraction of sp³-hybridized carbons (Fsp3) is 0. The number of nitriles is 1. The number of rotatable bonds is 9. The lowest BCUT2D eigenvalue weighted by atomic mass is 9.33. The van der Waals surface area contributed by atoms with Crippen molar-refractivity contribution in [1.29, 1.82) is 5.26 Å². The Bertz CT molecular complexity index is 6100. The van der Waals surface area contributed by atoms with Crippen LogP contribution in [0.15, 0.2) is 327 Å². The van der Waals surface area contributed by atoms with Crippen LogP contribution in [0.4, 0.5) is 34.1 Å². The molecule has 0 bridgehead atoms. The fourth-order valence-corrected chi connectivity index (χ4v) is 14.3. The summed E-state index contributed by atoms with van der Waals surface area (Å²) in [6.45, 7) is -0.710. The molecular formula is C85H54BN5. The van der Waals surface area contributed by atoms with Gasteiger partial charge in [-0.1, -0.05) is 236 Å². The average molecular weight is 1170 g/mol. The topological polar surface area (TPSA) is 40.1 Å². The molecule has 14 aromatic carbocycles. The van der Waals surface area contributed by atoms with Crippen LogP contribution in [0, 0.1) is 11.3 Å². The molecule has 4 heterocycles. The van der Waals surface area contributed by atoms with Crippen molar-refractivity contribution in [3.05, 3.63) is 333 Å². The largest absolute Gasteiger partial charge is 0.311 e. The third-order valence-electron chi connectivity index (χ3n) is 18.2. The summed E-state index contributed by atoms with van der Waals surface area (Å²) in [5, 5.41) is 15.4. The second-order valence-corrected chi connectivity index (χ2v) is 23.2. The van der Waals surface area contributed by atoms with E-state index in [1.807, 2.05) is 133 Å². The van der Waals surface area contributed by atoms with Crippen LogP contribution in [0.2, 0.25) is 0 Å². The number of fused-ring (bicyclic) bond motifs is 10. The summed E-state index contributed by atoms with van der Waals surface area (Å²) in [6.07, 6.45) is 0. The zero-order valence-electron chi connectivity index (χ0n) is 58.7. The molecule has 6 heteroatoms. The van der Waals surface area contributed by atoms with Crippen LogP contribution in [-0.4, -0.2) is 15.8 Å². The molecule has 0 N–H and O–H groups in total. The standard InChI is InChI=1S/C85H54BN5/c87-55-64-38-42-67(52-81(64)91-77-36-20-16-32-70(77)71-33-17-21-37-78(71)91)88-82-51-63(58-26-10-3-11-27-58)39-43-74(82)86-75-50-62(57-24-8-2-9-25-57)41-45-80(75)90(68-47-65(59-28-12-4-13-29-59)46-66(48-68)60-30-14-5-15-31-60)84-54-69(53-83(88)85(84)86)89-76-35-19-18-34-72(76)73-49-61(40-44-79(73)89)56-22-6-1-7-23-56/h1-54H/i2D,3D,8D,9D,10D,11D,24D,25D,26D,27D. The van der Waals surface area contributed by atoms with Gasteiger partial charge >= 0.3 is 0 Å². The SMILES string of the molecule is [2H]c1c([2H])c([2H])c(-c2ccc3c(c2)B2c4ccc(-c5c([2H])c([2H])c([2H])c([2H])c5[2H])cc4N(c4ccc(C#N)c(-n5c6ccccc6c6ccccc65)c4)c4cc(-n5c6ccccc6c6cc(-c7ccccc7)ccc65)cc(c42)N3c2cc(-c3ccccc3)cc(-c3ccccc3)c2)c([2H])c1[2H]. The maximum atomic E-state index is 11.3. The zero-order valence-corrected chi connectivity index (χ0v) is 48.7. The molecule has 18 rings (SSSR count). The van der Waals surface area contributed by atoms with Gasteiger partial charge in [-0.3, -0.25) is 0 Å². The van der Waals surface area contributed by atoms with Crippen molar-refractivity contribution in [2.75, 3.05) is 9.80 Å². The van der Waals surface area contributed by atoms with Crippen molar-refractivity contribution in [2.45, 2.75) is 0 Å². The molecule has 0 saturated carbocycles. The van der Waals surface area contributed by atoms with Gasteiger partial charge in [0, 0.05) is 55.7 Å². The minimum Gasteiger partial charge on any atom is -0.311 e. The Morgan fingerprint density at radius 1 is 0.286 bits per heavy atom. The van der Waals surface area contributed by atoms with Gasteiger partial charge in [-0.2, -0.15) is 5.26 Å². The van der Waals surface area contributed by atoms with Crippen molar-refractivity contribution in [1.82, 2.24) is 9.13 Å². The van der Waals surface area contributed by atoms with Gasteiger partial charge in [0.25, 0.3) is 6.71 Å². The Morgan fingerprint density at radius 3 is 1.35 bits per heavy atom. The van der Waals surface area contributed by atoms with Gasteiger partial charge in [-0.15, -0.1) is 0 Å². The first-order valence-corrected chi connectivity index (χ1v) is 30.3. The van der Waals surface area contributed by atoms with Gasteiger partial charge in [-0.25, -0.2) is 0 Å². The first kappa shape index (κ1) is 42.6. The van der Waals surface area contributed by atoms with E-state index in [9.17, 15) is 10.7 Å². The number of anilines is 6. The molecule has 2 aromatic heterocycles. The van der Waals surface area contributed by atoms with E-state index in [0.717, 1.165) is 116 Å². The summed E-state index contributed by atoms with van der Waals surface area (Å²) < 4.78 is 95.6. The predicted molar refractivity (Wildman–Crippen MR) is 381 cm³/mol. The monoisotopic (exact) mass is 1170 g/mol. The van der Waals surface area contributed by atoms with E-state index < -0.39 is 43.0 Å². The molecule has 0 unspecified atom stereocenters. The lowest BCUT2D eigenvalue weighted by molar-refractivity contribution is 1.15. The molecule has 5 nitrogen and oxygen atoms in total. The zero-order chi connectivity index (χ0) is 68.8. The molecule has 2 aliphatic rings. The van der Waals surface area contributed by atoms with Crippen LogP contribution >= 0.6 is 0 Å². The molecule has 0 radical (unpaired) electrons. The van der Waals surface area contributed by atoms with Crippen molar-refractivity contribution in [3.63, 3.8) is 0 Å². The third kappa shape index (κ3) is 8.40. The van der Waals surface area contributed by atoms with Crippen LogP contribution < -0.4 is 26.2 Å². The Morgan fingerprint density at radius 2 is 0.758 bits per heavy atom. The number of aromatic nitrogens is 2. The van der Waals surface area contributed by atoms with E-state index in [1.54, 1.807) is 0 Å². The molecule has 91 heavy (non-hydrogen) atoms. The highest BCUT2D eigenvalue weighted by atomic mass is 15.2. The summed E-state index contributed by atoms with van der Waals surface area (Å²) in [5.74, 6) is 0. The summed E-state index contributed by atoms with van der Waals surface area (Å²) in [6, 6.07) is 88.9. The Labute approximate surface area is 542 Å². The molecule has 0 aliphatic carbocycles.